The molecule has 2 N–H and O–H groups in total. The van der Waals surface area contributed by atoms with Gasteiger partial charge in [-0.15, -0.1) is 0 Å². The zero-order valence-electron chi connectivity index (χ0n) is 27.2. The topological polar surface area (TPSA) is 98.8 Å². The first kappa shape index (κ1) is 34.1. The maximum atomic E-state index is 14.9. The summed E-state index contributed by atoms with van der Waals surface area (Å²) in [5.41, 5.74) is 3.00. The average Bonchev–Trinajstić information content (AvgIpc) is 3.86. The van der Waals surface area contributed by atoms with Gasteiger partial charge in [0.2, 0.25) is 24.2 Å². The molecule has 0 saturated carbocycles. The van der Waals surface area contributed by atoms with Crippen LogP contribution in [0, 0.1) is 11.8 Å². The van der Waals surface area contributed by atoms with Crippen LogP contribution >= 0.6 is 0 Å². The molecule has 2 heterocycles. The summed E-state index contributed by atoms with van der Waals surface area (Å²) >= 11 is 0. The van der Waals surface area contributed by atoms with Crippen LogP contribution in [0.25, 0.3) is 0 Å². The van der Waals surface area contributed by atoms with Gasteiger partial charge in [-0.1, -0.05) is 72.5 Å². The van der Waals surface area contributed by atoms with Gasteiger partial charge in [0.15, 0.2) is 0 Å². The van der Waals surface area contributed by atoms with E-state index in [0.29, 0.717) is 61.3 Å². The molecule has 0 bridgehead atoms. The van der Waals surface area contributed by atoms with E-state index in [0.717, 1.165) is 0 Å². The second kappa shape index (κ2) is 15.6. The van der Waals surface area contributed by atoms with Crippen LogP contribution in [0.5, 0.6) is 0 Å². The zero-order chi connectivity index (χ0) is 35.0. The molecule has 2 fully saturated rings. The third-order valence-electron chi connectivity index (χ3n) is 8.95. The first-order valence-corrected chi connectivity index (χ1v) is 16.6. The minimum absolute atomic E-state index is 0.265. The predicted molar refractivity (Wildman–Crippen MR) is 186 cm³/mol. The molecule has 2 unspecified atom stereocenters. The molecule has 6 rings (SSSR count). The number of anilines is 2. The van der Waals surface area contributed by atoms with Crippen LogP contribution in [0.4, 0.5) is 20.2 Å². The highest BCUT2D eigenvalue weighted by molar-refractivity contribution is 5.99. The first-order valence-electron chi connectivity index (χ1n) is 16.6. The second-order valence-electron chi connectivity index (χ2n) is 12.3. The summed E-state index contributed by atoms with van der Waals surface area (Å²) in [5, 5.41) is 5.67. The average molecular weight is 675 g/mol. The van der Waals surface area contributed by atoms with Gasteiger partial charge in [0.1, 0.15) is 12.1 Å². The SMILES string of the molecule is O=C(Nc1ccc(C#Cc2ccc(NC(=O)[C@@H]3CCCN3C(=O)C(F)c3ccccc3)cc2)cc1)[C@@H]1CCCN1C(=O)C(F)c1ccccc1. The van der Waals surface area contributed by atoms with Crippen molar-refractivity contribution < 1.29 is 28.0 Å². The third-order valence-corrected chi connectivity index (χ3v) is 8.95. The van der Waals surface area contributed by atoms with Crippen LogP contribution in [0.1, 0.15) is 60.3 Å². The molecule has 254 valence electrons. The van der Waals surface area contributed by atoms with Gasteiger partial charge >= 0.3 is 0 Å². The van der Waals surface area contributed by atoms with Crippen molar-refractivity contribution in [3.8, 4) is 11.8 Å². The van der Waals surface area contributed by atoms with Gasteiger partial charge in [-0.2, -0.15) is 0 Å². The summed E-state index contributed by atoms with van der Waals surface area (Å²) in [5.74, 6) is 3.98. The van der Waals surface area contributed by atoms with E-state index in [2.05, 4.69) is 22.5 Å². The number of nitrogens with zero attached hydrogens (tertiary/aromatic N) is 2. The van der Waals surface area contributed by atoms with Crippen molar-refractivity contribution in [2.45, 2.75) is 50.1 Å². The fraction of sp³-hybridized carbons (Fsp3) is 0.250. The van der Waals surface area contributed by atoms with E-state index >= 15 is 0 Å². The highest BCUT2D eigenvalue weighted by Crippen LogP contribution is 2.28. The third kappa shape index (κ3) is 7.90. The molecule has 2 saturated heterocycles. The molecule has 50 heavy (non-hydrogen) atoms. The Morgan fingerprint density at radius 3 is 1.28 bits per heavy atom. The van der Waals surface area contributed by atoms with Gasteiger partial charge in [-0.05, 0) is 85.3 Å². The summed E-state index contributed by atoms with van der Waals surface area (Å²) in [6.45, 7) is 0.643. The highest BCUT2D eigenvalue weighted by Gasteiger charge is 2.39. The Morgan fingerprint density at radius 2 is 0.920 bits per heavy atom. The van der Waals surface area contributed by atoms with Crippen molar-refractivity contribution >= 4 is 35.0 Å². The molecule has 4 aromatic carbocycles. The number of halogens is 2. The number of nitrogens with one attached hydrogen (secondary N) is 2. The molecule has 2 aliphatic heterocycles. The van der Waals surface area contributed by atoms with Crippen molar-refractivity contribution in [2.75, 3.05) is 23.7 Å². The molecule has 0 spiro atoms. The first-order chi connectivity index (χ1) is 24.3. The molecule has 4 amide bonds. The molecule has 4 aromatic rings. The molecule has 8 nitrogen and oxygen atoms in total. The number of likely N-dealkylation sites (tertiary alicyclic amines) is 2. The molecule has 0 radical (unpaired) electrons. The van der Waals surface area contributed by atoms with E-state index in [1.54, 1.807) is 109 Å². The Morgan fingerprint density at radius 1 is 0.560 bits per heavy atom. The lowest BCUT2D eigenvalue weighted by atomic mass is 10.1. The van der Waals surface area contributed by atoms with Crippen LogP contribution in [0.3, 0.4) is 0 Å². The number of rotatable bonds is 8. The Bertz CT molecular complexity index is 1760. The Labute approximate surface area is 289 Å². The van der Waals surface area contributed by atoms with Crippen LogP contribution in [0.2, 0.25) is 0 Å². The predicted octanol–water partition coefficient (Wildman–Crippen LogP) is 6.37. The molecular formula is C40H36F2N4O4. The molecular weight excluding hydrogens is 638 g/mol. The van der Waals surface area contributed by atoms with Crippen molar-refractivity contribution in [3.63, 3.8) is 0 Å². The summed E-state index contributed by atoms with van der Waals surface area (Å²) < 4.78 is 29.9. The second-order valence-corrected chi connectivity index (χ2v) is 12.3. The van der Waals surface area contributed by atoms with E-state index in [1.165, 1.54) is 9.80 Å². The number of amides is 4. The molecule has 10 heteroatoms. The Balaban J connectivity index is 1.01. The molecule has 2 aliphatic rings. The molecule has 4 atom stereocenters. The van der Waals surface area contributed by atoms with Gasteiger partial charge in [-0.25, -0.2) is 8.78 Å². The summed E-state index contributed by atoms with van der Waals surface area (Å²) in [6.07, 6.45) is -1.51. The van der Waals surface area contributed by atoms with Crippen molar-refractivity contribution in [2.24, 2.45) is 0 Å². The van der Waals surface area contributed by atoms with E-state index < -0.39 is 36.2 Å². The highest BCUT2D eigenvalue weighted by atomic mass is 19.1. The fourth-order valence-electron chi connectivity index (χ4n) is 6.30. The van der Waals surface area contributed by atoms with E-state index in [-0.39, 0.29) is 22.9 Å². The number of hydrogen-bond acceptors (Lipinski definition) is 4. The minimum Gasteiger partial charge on any atom is -0.328 e. The Hall–Kier alpha value is -5.82. The van der Waals surface area contributed by atoms with Crippen LogP contribution < -0.4 is 10.6 Å². The number of benzene rings is 4. The largest absolute Gasteiger partial charge is 0.328 e. The zero-order valence-corrected chi connectivity index (χ0v) is 27.2. The van der Waals surface area contributed by atoms with Crippen molar-refractivity contribution in [3.05, 3.63) is 131 Å². The van der Waals surface area contributed by atoms with E-state index in [1.807, 2.05) is 0 Å². The van der Waals surface area contributed by atoms with Crippen LogP contribution in [-0.2, 0) is 19.2 Å². The van der Waals surface area contributed by atoms with Gasteiger partial charge in [0.05, 0.1) is 0 Å². The quantitative estimate of drug-likeness (QED) is 0.213. The number of hydrogen-bond donors (Lipinski definition) is 2. The summed E-state index contributed by atoms with van der Waals surface area (Å²) in [4.78, 5) is 54.5. The number of carbonyl (C=O) groups is 4. The van der Waals surface area contributed by atoms with Gasteiger partial charge in [0, 0.05) is 35.6 Å². The van der Waals surface area contributed by atoms with E-state index in [4.69, 9.17) is 0 Å². The normalized spacial score (nSPS) is 18.0. The monoisotopic (exact) mass is 674 g/mol. The lowest BCUT2D eigenvalue weighted by Crippen LogP contribution is -2.44. The van der Waals surface area contributed by atoms with Gasteiger partial charge < -0.3 is 20.4 Å². The maximum Gasteiger partial charge on any atom is 0.262 e. The minimum atomic E-state index is -1.82. The van der Waals surface area contributed by atoms with Crippen LogP contribution in [-0.4, -0.2) is 58.6 Å². The Kier molecular flexibility index (Phi) is 10.6. The lowest BCUT2D eigenvalue weighted by Gasteiger charge is -2.25. The fourth-order valence-corrected chi connectivity index (χ4v) is 6.30. The maximum absolute atomic E-state index is 14.9. The van der Waals surface area contributed by atoms with Crippen molar-refractivity contribution in [1.29, 1.82) is 0 Å². The van der Waals surface area contributed by atoms with E-state index in [9.17, 15) is 28.0 Å². The molecule has 0 aromatic heterocycles. The standard InChI is InChI=1S/C40H36F2N4O4/c41-35(29-9-3-1-4-10-29)39(49)45-25-7-13-33(45)37(47)43-31-21-17-27(18-22-31)15-16-28-19-23-32(24-20-28)44-38(48)34-14-8-26-46(34)40(50)36(42)30-11-5-2-6-12-30/h1-6,9-12,17-24,33-36H,7-8,13-14,25-26H2,(H,43,47)(H,44,48)/t33-,34-,35?,36?/m0/s1. The van der Waals surface area contributed by atoms with Gasteiger partial charge in [0.25, 0.3) is 11.8 Å². The number of alkyl halides is 2. The van der Waals surface area contributed by atoms with Gasteiger partial charge in [-0.3, -0.25) is 19.2 Å². The molecule has 0 aliphatic carbocycles. The van der Waals surface area contributed by atoms with Crippen molar-refractivity contribution in [1.82, 2.24) is 9.80 Å². The van der Waals surface area contributed by atoms with Crippen LogP contribution in [0.15, 0.2) is 109 Å². The lowest BCUT2D eigenvalue weighted by molar-refractivity contribution is -0.141. The summed E-state index contributed by atoms with van der Waals surface area (Å²) in [6, 6.07) is 28.8. The summed E-state index contributed by atoms with van der Waals surface area (Å²) in [7, 11) is 0. The number of carbonyl (C=O) groups excluding carboxylic acids is 4. The smallest absolute Gasteiger partial charge is 0.262 e.